The van der Waals surface area contributed by atoms with Crippen molar-refractivity contribution in [3.8, 4) is 11.5 Å². The molecule has 1 heterocycles. The van der Waals surface area contributed by atoms with Gasteiger partial charge in [0.2, 0.25) is 0 Å². The number of ether oxygens (including phenoxy) is 2. The number of carbonyl (C=O) groups is 1. The Bertz CT molecular complexity index is 544. The fourth-order valence-electron chi connectivity index (χ4n) is 1.67. The number of carbonyl (C=O) groups excluding carboxylic acids is 1. The second-order valence-corrected chi connectivity index (χ2v) is 4.86. The summed E-state index contributed by atoms with van der Waals surface area (Å²) in [7, 11) is 4.90. The first kappa shape index (κ1) is 13.4. The molecule has 0 bridgehead atoms. The molecular formula is C14H15NO3S. The molecule has 4 nitrogen and oxygen atoms in total. The van der Waals surface area contributed by atoms with Gasteiger partial charge in [-0.2, -0.15) is 0 Å². The second kappa shape index (κ2) is 5.75. The Balaban J connectivity index is 2.32. The van der Waals surface area contributed by atoms with E-state index in [0.29, 0.717) is 16.4 Å². The van der Waals surface area contributed by atoms with Gasteiger partial charge >= 0.3 is 0 Å². The van der Waals surface area contributed by atoms with Gasteiger partial charge in [0.25, 0.3) is 5.91 Å². The van der Waals surface area contributed by atoms with Crippen LogP contribution in [0.3, 0.4) is 0 Å². The summed E-state index contributed by atoms with van der Waals surface area (Å²) >= 11 is 1.42. The van der Waals surface area contributed by atoms with E-state index in [-0.39, 0.29) is 5.91 Å². The summed E-state index contributed by atoms with van der Waals surface area (Å²) in [6, 6.07) is 9.04. The molecule has 0 saturated heterocycles. The van der Waals surface area contributed by atoms with Crippen LogP contribution in [0, 0.1) is 0 Å². The van der Waals surface area contributed by atoms with Crippen molar-refractivity contribution < 1.29 is 14.3 Å². The summed E-state index contributed by atoms with van der Waals surface area (Å²) in [6.45, 7) is 0. The Kier molecular flexibility index (Phi) is 4.06. The Morgan fingerprint density at radius 2 is 1.79 bits per heavy atom. The minimum atomic E-state index is -0.0506. The predicted octanol–water partition coefficient (Wildman–Crippen LogP) is 3.04. The quantitative estimate of drug-likeness (QED) is 0.862. The van der Waals surface area contributed by atoms with Crippen molar-refractivity contribution in [3.05, 3.63) is 40.6 Å². The lowest BCUT2D eigenvalue weighted by Crippen LogP contribution is -2.25. The number of hydrogen-bond acceptors (Lipinski definition) is 4. The fourth-order valence-corrected chi connectivity index (χ4v) is 2.37. The average molecular weight is 277 g/mol. The lowest BCUT2D eigenvalue weighted by Gasteiger charge is -2.18. The zero-order chi connectivity index (χ0) is 13.8. The molecule has 1 amide bonds. The summed E-state index contributed by atoms with van der Waals surface area (Å²) in [5.74, 6) is 1.26. The van der Waals surface area contributed by atoms with Gasteiger partial charge in [-0.05, 0) is 11.4 Å². The first-order valence-electron chi connectivity index (χ1n) is 5.70. The van der Waals surface area contributed by atoms with Crippen LogP contribution in [-0.4, -0.2) is 27.2 Å². The molecule has 0 radical (unpaired) electrons. The van der Waals surface area contributed by atoms with Crippen LogP contribution in [0.2, 0.25) is 0 Å². The number of methoxy groups -OCH3 is 2. The molecule has 5 heteroatoms. The smallest absolute Gasteiger partial charge is 0.268 e. The van der Waals surface area contributed by atoms with E-state index >= 15 is 0 Å². The highest BCUT2D eigenvalue weighted by Crippen LogP contribution is 2.29. The van der Waals surface area contributed by atoms with Gasteiger partial charge in [-0.15, -0.1) is 11.3 Å². The Hall–Kier alpha value is -2.01. The normalized spacial score (nSPS) is 10.1. The number of thiophene rings is 1. The van der Waals surface area contributed by atoms with E-state index < -0.39 is 0 Å². The molecule has 2 rings (SSSR count). The summed E-state index contributed by atoms with van der Waals surface area (Å²) in [5, 5.41) is 1.88. The van der Waals surface area contributed by atoms with Gasteiger partial charge in [0.15, 0.2) is 0 Å². The lowest BCUT2D eigenvalue weighted by molar-refractivity contribution is 0.0997. The molecule has 1 aromatic heterocycles. The Morgan fingerprint density at radius 3 is 2.26 bits per heavy atom. The highest BCUT2D eigenvalue weighted by Gasteiger charge is 2.15. The molecule has 0 fully saturated rings. The second-order valence-electron chi connectivity index (χ2n) is 3.91. The Morgan fingerprint density at radius 1 is 1.16 bits per heavy atom. The summed E-state index contributed by atoms with van der Waals surface area (Å²) in [5.41, 5.74) is 0.731. The maximum absolute atomic E-state index is 12.3. The number of anilines is 1. The zero-order valence-corrected chi connectivity index (χ0v) is 11.9. The molecular weight excluding hydrogens is 262 g/mol. The third-order valence-electron chi connectivity index (χ3n) is 2.76. The Labute approximate surface area is 116 Å². The van der Waals surface area contributed by atoms with E-state index in [1.807, 2.05) is 11.4 Å². The molecule has 0 aliphatic rings. The highest BCUT2D eigenvalue weighted by atomic mass is 32.1. The van der Waals surface area contributed by atoms with Crippen LogP contribution in [0.25, 0.3) is 0 Å². The van der Waals surface area contributed by atoms with E-state index in [2.05, 4.69) is 0 Å². The molecule has 1 aromatic carbocycles. The van der Waals surface area contributed by atoms with Gasteiger partial charge in [-0.3, -0.25) is 4.79 Å². The summed E-state index contributed by atoms with van der Waals surface area (Å²) < 4.78 is 10.4. The van der Waals surface area contributed by atoms with Crippen molar-refractivity contribution in [1.82, 2.24) is 0 Å². The van der Waals surface area contributed by atoms with Crippen molar-refractivity contribution in [2.45, 2.75) is 0 Å². The van der Waals surface area contributed by atoms with Gasteiger partial charge in [0, 0.05) is 25.2 Å². The molecule has 0 aliphatic heterocycles. The maximum atomic E-state index is 12.3. The van der Waals surface area contributed by atoms with Crippen LogP contribution in [0.4, 0.5) is 5.69 Å². The lowest BCUT2D eigenvalue weighted by atomic mass is 10.2. The van der Waals surface area contributed by atoms with Gasteiger partial charge in [0.05, 0.1) is 24.8 Å². The number of nitrogens with zero attached hydrogens (tertiary/aromatic N) is 1. The van der Waals surface area contributed by atoms with Crippen molar-refractivity contribution >= 4 is 22.9 Å². The van der Waals surface area contributed by atoms with E-state index in [4.69, 9.17) is 9.47 Å². The summed E-state index contributed by atoms with van der Waals surface area (Å²) in [4.78, 5) is 14.5. The first-order valence-corrected chi connectivity index (χ1v) is 6.58. The van der Waals surface area contributed by atoms with Crippen molar-refractivity contribution in [3.63, 3.8) is 0 Å². The standard InChI is InChI=1S/C14H15NO3S/c1-15(14(16)13-5-4-6-19-13)10-7-11(17-2)9-12(8-10)18-3/h4-9H,1-3H3. The van der Waals surface area contributed by atoms with Crippen molar-refractivity contribution in [1.29, 1.82) is 0 Å². The molecule has 0 saturated carbocycles. The molecule has 19 heavy (non-hydrogen) atoms. The first-order chi connectivity index (χ1) is 9.15. The van der Waals surface area contributed by atoms with Crippen LogP contribution in [0.15, 0.2) is 35.7 Å². The fraction of sp³-hybridized carbons (Fsp3) is 0.214. The van der Waals surface area contributed by atoms with Crippen molar-refractivity contribution in [2.75, 3.05) is 26.2 Å². The van der Waals surface area contributed by atoms with Crippen LogP contribution in [-0.2, 0) is 0 Å². The zero-order valence-electron chi connectivity index (χ0n) is 11.0. The predicted molar refractivity (Wildman–Crippen MR) is 76.6 cm³/mol. The monoisotopic (exact) mass is 277 g/mol. The number of hydrogen-bond donors (Lipinski definition) is 0. The van der Waals surface area contributed by atoms with Crippen molar-refractivity contribution in [2.24, 2.45) is 0 Å². The molecule has 0 N–H and O–H groups in total. The molecule has 2 aromatic rings. The average Bonchev–Trinajstić information content (AvgIpc) is 2.99. The SMILES string of the molecule is COc1cc(OC)cc(N(C)C(=O)c2cccs2)c1. The maximum Gasteiger partial charge on any atom is 0.268 e. The molecule has 0 spiro atoms. The van der Waals surface area contributed by atoms with Gasteiger partial charge < -0.3 is 14.4 Å². The number of amides is 1. The largest absolute Gasteiger partial charge is 0.497 e. The summed E-state index contributed by atoms with van der Waals surface area (Å²) in [6.07, 6.45) is 0. The van der Waals surface area contributed by atoms with Gasteiger partial charge in [-0.25, -0.2) is 0 Å². The van der Waals surface area contributed by atoms with E-state index in [9.17, 15) is 4.79 Å². The number of rotatable bonds is 4. The molecule has 0 atom stereocenters. The highest BCUT2D eigenvalue weighted by molar-refractivity contribution is 7.12. The van der Waals surface area contributed by atoms with Crippen LogP contribution in [0.5, 0.6) is 11.5 Å². The third kappa shape index (κ3) is 2.88. The van der Waals surface area contributed by atoms with Crippen LogP contribution >= 0.6 is 11.3 Å². The van der Waals surface area contributed by atoms with E-state index in [1.54, 1.807) is 50.4 Å². The van der Waals surface area contributed by atoms with Gasteiger partial charge in [-0.1, -0.05) is 6.07 Å². The van der Waals surface area contributed by atoms with E-state index in [1.165, 1.54) is 11.3 Å². The molecule has 100 valence electrons. The van der Waals surface area contributed by atoms with Crippen LogP contribution < -0.4 is 14.4 Å². The minimum absolute atomic E-state index is 0.0506. The van der Waals surface area contributed by atoms with Gasteiger partial charge in [0.1, 0.15) is 11.5 Å². The molecule has 0 unspecified atom stereocenters. The topological polar surface area (TPSA) is 38.8 Å². The number of benzene rings is 1. The third-order valence-corrected chi connectivity index (χ3v) is 3.62. The minimum Gasteiger partial charge on any atom is -0.497 e. The molecule has 0 aliphatic carbocycles. The van der Waals surface area contributed by atoms with Crippen LogP contribution in [0.1, 0.15) is 9.67 Å². The van der Waals surface area contributed by atoms with E-state index in [0.717, 1.165) is 5.69 Å².